The van der Waals surface area contributed by atoms with Gasteiger partial charge in [-0.3, -0.25) is 14.8 Å². The van der Waals surface area contributed by atoms with Gasteiger partial charge in [0.15, 0.2) is 0 Å². The molecule has 5 heteroatoms. The number of piperidine rings is 1. The van der Waals surface area contributed by atoms with Gasteiger partial charge in [-0.15, -0.1) is 0 Å². The summed E-state index contributed by atoms with van der Waals surface area (Å²) in [6.07, 6.45) is 7.89. The third-order valence-corrected chi connectivity index (χ3v) is 6.74. The van der Waals surface area contributed by atoms with E-state index in [4.69, 9.17) is 0 Å². The van der Waals surface area contributed by atoms with E-state index < -0.39 is 5.60 Å². The lowest BCUT2D eigenvalue weighted by Crippen LogP contribution is -2.59. The molecule has 3 aromatic rings. The van der Waals surface area contributed by atoms with Crippen molar-refractivity contribution >= 4 is 16.9 Å². The fraction of sp³-hybridized carbons (Fsp3) is 0.375. The molecule has 1 saturated heterocycles. The van der Waals surface area contributed by atoms with E-state index in [0.29, 0.717) is 24.0 Å². The number of carbonyl (C=O) groups is 1. The molecule has 1 saturated carbocycles. The summed E-state index contributed by atoms with van der Waals surface area (Å²) in [7, 11) is 0. The van der Waals surface area contributed by atoms with Crippen LogP contribution in [0, 0.1) is 5.92 Å². The first-order chi connectivity index (χ1) is 14.2. The first-order valence-corrected chi connectivity index (χ1v) is 10.5. The maximum absolute atomic E-state index is 13.6. The second-order valence-corrected chi connectivity index (χ2v) is 8.23. The van der Waals surface area contributed by atoms with E-state index in [1.807, 2.05) is 53.4 Å². The summed E-state index contributed by atoms with van der Waals surface area (Å²) in [5, 5.41) is 11.7. The molecule has 0 unspecified atom stereocenters. The number of amides is 1. The van der Waals surface area contributed by atoms with Crippen LogP contribution in [-0.4, -0.2) is 38.5 Å². The number of carbonyl (C=O) groups excluding carboxylic acids is 1. The topological polar surface area (TPSA) is 66.3 Å². The molecule has 3 atom stereocenters. The Morgan fingerprint density at radius 2 is 1.79 bits per heavy atom. The first-order valence-electron chi connectivity index (χ1n) is 10.5. The number of fused-ring (bicyclic) bond motifs is 2. The highest BCUT2D eigenvalue weighted by Gasteiger charge is 2.50. The summed E-state index contributed by atoms with van der Waals surface area (Å²) in [6.45, 7) is 0.544. The van der Waals surface area contributed by atoms with Gasteiger partial charge < -0.3 is 10.0 Å². The molecule has 1 aromatic heterocycles. The highest BCUT2D eigenvalue weighted by atomic mass is 16.3. The lowest BCUT2D eigenvalue weighted by Gasteiger charge is -2.52. The fourth-order valence-electron chi connectivity index (χ4n) is 5.34. The van der Waals surface area contributed by atoms with Crippen molar-refractivity contribution < 1.29 is 9.90 Å². The summed E-state index contributed by atoms with van der Waals surface area (Å²) in [5.41, 5.74) is 2.08. The van der Waals surface area contributed by atoms with Gasteiger partial charge in [-0.1, -0.05) is 49.2 Å². The van der Waals surface area contributed by atoms with Crippen molar-refractivity contribution in [2.24, 2.45) is 5.92 Å². The van der Waals surface area contributed by atoms with Crippen LogP contribution in [0.3, 0.4) is 0 Å². The molecule has 1 aliphatic heterocycles. The minimum Gasteiger partial charge on any atom is -0.385 e. The normalized spacial score (nSPS) is 26.9. The quantitative estimate of drug-likeness (QED) is 0.724. The Kier molecular flexibility index (Phi) is 4.55. The first kappa shape index (κ1) is 18.3. The van der Waals surface area contributed by atoms with Crippen molar-refractivity contribution in [2.75, 3.05) is 6.54 Å². The monoisotopic (exact) mass is 387 g/mol. The smallest absolute Gasteiger partial charge is 0.256 e. The third kappa shape index (κ3) is 3.01. The number of nitrogens with zero attached hydrogens (tertiary/aromatic N) is 3. The standard InChI is InChI=1S/C24H25N3O2/c28-23(18-9-6-11-20-22(18)26-15-14-25-20)27-16-13-24(29,17-7-2-1-3-8-17)19-10-4-5-12-21(19)27/h1-3,6-9,11,14-15,19,21,29H,4-5,10,12-13,16H2/t19-,21+,24-/m1/s1. The summed E-state index contributed by atoms with van der Waals surface area (Å²) >= 11 is 0. The van der Waals surface area contributed by atoms with Crippen molar-refractivity contribution in [3.05, 3.63) is 72.1 Å². The van der Waals surface area contributed by atoms with Crippen molar-refractivity contribution in [3.8, 4) is 0 Å². The fourth-order valence-corrected chi connectivity index (χ4v) is 5.34. The van der Waals surface area contributed by atoms with Gasteiger partial charge >= 0.3 is 0 Å². The van der Waals surface area contributed by atoms with E-state index in [-0.39, 0.29) is 17.9 Å². The molecule has 0 radical (unpaired) electrons. The molecule has 1 aliphatic carbocycles. The molecule has 0 spiro atoms. The molecule has 0 bridgehead atoms. The van der Waals surface area contributed by atoms with Gasteiger partial charge in [0.25, 0.3) is 5.91 Å². The highest BCUT2D eigenvalue weighted by Crippen LogP contribution is 2.47. The molecule has 1 N–H and O–H groups in total. The van der Waals surface area contributed by atoms with Gasteiger partial charge in [-0.05, 0) is 37.0 Å². The number of aromatic nitrogens is 2. The Morgan fingerprint density at radius 1 is 1.00 bits per heavy atom. The Bertz CT molecular complexity index is 1030. The van der Waals surface area contributed by atoms with Crippen LogP contribution in [0.5, 0.6) is 0 Å². The SMILES string of the molecule is O=C(c1cccc2nccnc12)N1CC[C@@](O)(c2ccccc2)[C@@H]2CCCC[C@@H]21. The largest absolute Gasteiger partial charge is 0.385 e. The highest BCUT2D eigenvalue weighted by molar-refractivity contribution is 6.04. The van der Waals surface area contributed by atoms with E-state index in [2.05, 4.69) is 9.97 Å². The number of benzene rings is 2. The van der Waals surface area contributed by atoms with E-state index in [0.717, 1.165) is 36.8 Å². The lowest BCUT2D eigenvalue weighted by atomic mass is 9.66. The Labute approximate surface area is 170 Å². The van der Waals surface area contributed by atoms with Crippen LogP contribution in [0.4, 0.5) is 0 Å². The molecule has 2 aromatic carbocycles. The van der Waals surface area contributed by atoms with Crippen LogP contribution >= 0.6 is 0 Å². The van der Waals surface area contributed by atoms with Gasteiger partial charge in [0.2, 0.25) is 0 Å². The van der Waals surface area contributed by atoms with Crippen LogP contribution in [-0.2, 0) is 5.60 Å². The molecule has 2 fully saturated rings. The minimum absolute atomic E-state index is 0.00288. The summed E-state index contributed by atoms with van der Waals surface area (Å²) in [5.74, 6) is 0.0560. The number of rotatable bonds is 2. The number of hydrogen-bond donors (Lipinski definition) is 1. The van der Waals surface area contributed by atoms with E-state index >= 15 is 0 Å². The maximum atomic E-state index is 13.6. The van der Waals surface area contributed by atoms with E-state index in [1.165, 1.54) is 0 Å². The average Bonchev–Trinajstić information content (AvgIpc) is 2.79. The third-order valence-electron chi connectivity index (χ3n) is 6.74. The lowest BCUT2D eigenvalue weighted by molar-refractivity contribution is -0.110. The van der Waals surface area contributed by atoms with Crippen molar-refractivity contribution in [3.63, 3.8) is 0 Å². The van der Waals surface area contributed by atoms with Gasteiger partial charge in [0.1, 0.15) is 5.52 Å². The minimum atomic E-state index is -0.873. The molecule has 1 amide bonds. The number of hydrogen-bond acceptors (Lipinski definition) is 4. The van der Waals surface area contributed by atoms with Gasteiger partial charge in [-0.2, -0.15) is 0 Å². The maximum Gasteiger partial charge on any atom is 0.256 e. The molecule has 29 heavy (non-hydrogen) atoms. The molecule has 148 valence electrons. The van der Waals surface area contributed by atoms with Crippen LogP contribution in [0.15, 0.2) is 60.9 Å². The van der Waals surface area contributed by atoms with Crippen LogP contribution in [0.1, 0.15) is 48.0 Å². The zero-order valence-corrected chi connectivity index (χ0v) is 16.4. The Morgan fingerprint density at radius 3 is 2.66 bits per heavy atom. The van der Waals surface area contributed by atoms with Gasteiger partial charge in [0, 0.05) is 30.9 Å². The summed E-state index contributed by atoms with van der Waals surface area (Å²) in [4.78, 5) is 24.3. The Hall–Kier alpha value is -2.79. The average molecular weight is 387 g/mol. The van der Waals surface area contributed by atoms with Crippen molar-refractivity contribution in [2.45, 2.75) is 43.7 Å². The van der Waals surface area contributed by atoms with Crippen LogP contribution in [0.2, 0.25) is 0 Å². The zero-order valence-electron chi connectivity index (χ0n) is 16.4. The predicted molar refractivity (Wildman–Crippen MR) is 111 cm³/mol. The van der Waals surface area contributed by atoms with Crippen LogP contribution < -0.4 is 0 Å². The van der Waals surface area contributed by atoms with Crippen molar-refractivity contribution in [1.29, 1.82) is 0 Å². The Balaban J connectivity index is 1.52. The van der Waals surface area contributed by atoms with Gasteiger partial charge in [0.05, 0.1) is 16.7 Å². The predicted octanol–water partition coefficient (Wildman–Crippen LogP) is 3.92. The van der Waals surface area contributed by atoms with E-state index in [9.17, 15) is 9.90 Å². The number of para-hydroxylation sites is 1. The molecular weight excluding hydrogens is 362 g/mol. The summed E-state index contributed by atoms with van der Waals surface area (Å²) < 4.78 is 0. The molecule has 5 rings (SSSR count). The molecule has 5 nitrogen and oxygen atoms in total. The summed E-state index contributed by atoms with van der Waals surface area (Å²) in [6, 6.07) is 15.6. The molecular formula is C24H25N3O2. The van der Waals surface area contributed by atoms with Gasteiger partial charge in [-0.25, -0.2) is 0 Å². The second kappa shape index (κ2) is 7.23. The molecule has 2 aliphatic rings. The number of aliphatic hydroxyl groups is 1. The molecule has 2 heterocycles. The van der Waals surface area contributed by atoms with Crippen LogP contribution in [0.25, 0.3) is 11.0 Å². The van der Waals surface area contributed by atoms with Crippen molar-refractivity contribution in [1.82, 2.24) is 14.9 Å². The van der Waals surface area contributed by atoms with E-state index in [1.54, 1.807) is 12.4 Å². The zero-order chi connectivity index (χ0) is 19.8. The second-order valence-electron chi connectivity index (χ2n) is 8.23. The number of likely N-dealkylation sites (tertiary alicyclic amines) is 1.